The third kappa shape index (κ3) is 12.4. The highest BCUT2D eigenvalue weighted by atomic mass is 32.1. The van der Waals surface area contributed by atoms with E-state index in [4.69, 9.17) is 30.2 Å². The van der Waals surface area contributed by atoms with Crippen LogP contribution in [0.3, 0.4) is 0 Å². The summed E-state index contributed by atoms with van der Waals surface area (Å²) in [6.07, 6.45) is 8.67. The van der Waals surface area contributed by atoms with E-state index in [1.165, 1.54) is 32.1 Å². The van der Waals surface area contributed by atoms with Crippen molar-refractivity contribution in [3.05, 3.63) is 0 Å². The first kappa shape index (κ1) is 24.0. The molecule has 0 aromatic heterocycles. The van der Waals surface area contributed by atoms with Gasteiger partial charge in [-0.15, -0.1) is 0 Å². The van der Waals surface area contributed by atoms with Gasteiger partial charge in [-0.2, -0.15) is 0 Å². The summed E-state index contributed by atoms with van der Waals surface area (Å²) in [6, 6.07) is 0.932. The fourth-order valence-electron chi connectivity index (χ4n) is 2.82. The van der Waals surface area contributed by atoms with Crippen LogP contribution in [0.4, 0.5) is 0 Å². The number of hydrogen-bond donors (Lipinski definition) is 0. The molecular weight excluding hydrogens is 340 g/mol. The first-order valence-corrected chi connectivity index (χ1v) is 11.9. The van der Waals surface area contributed by atoms with Crippen LogP contribution >= 0.6 is 12.2 Å². The van der Waals surface area contributed by atoms with Crippen LogP contribution in [0.1, 0.15) is 79.6 Å². The van der Waals surface area contributed by atoms with Crippen molar-refractivity contribution < 1.29 is 18.0 Å². The molecule has 4 nitrogen and oxygen atoms in total. The maximum atomic E-state index is 5.88. The highest BCUT2D eigenvalue weighted by Gasteiger charge is 2.39. The van der Waals surface area contributed by atoms with Gasteiger partial charge in [0, 0.05) is 32.8 Å². The van der Waals surface area contributed by atoms with Crippen LogP contribution in [0.15, 0.2) is 0 Å². The molecule has 0 aliphatic rings. The van der Waals surface area contributed by atoms with Crippen LogP contribution in [-0.4, -0.2) is 39.8 Å². The van der Waals surface area contributed by atoms with E-state index in [0.717, 1.165) is 18.9 Å². The van der Waals surface area contributed by atoms with Crippen LogP contribution in [0.2, 0.25) is 6.04 Å². The van der Waals surface area contributed by atoms with Crippen molar-refractivity contribution in [1.82, 2.24) is 0 Å². The lowest BCUT2D eigenvalue weighted by atomic mass is 10.1. The van der Waals surface area contributed by atoms with E-state index >= 15 is 0 Å². The molecule has 144 valence electrons. The van der Waals surface area contributed by atoms with Crippen LogP contribution in [-0.2, 0) is 18.0 Å². The van der Waals surface area contributed by atoms with Gasteiger partial charge >= 0.3 is 8.80 Å². The van der Waals surface area contributed by atoms with E-state index in [9.17, 15) is 0 Å². The predicted molar refractivity (Wildman–Crippen MR) is 107 cm³/mol. The summed E-state index contributed by atoms with van der Waals surface area (Å²) in [6.45, 7) is 11.9. The van der Waals surface area contributed by atoms with Crippen LogP contribution in [0, 0.1) is 0 Å². The summed E-state index contributed by atoms with van der Waals surface area (Å²) >= 11 is 4.96. The molecule has 0 aliphatic carbocycles. The fourth-order valence-corrected chi connectivity index (χ4v) is 5.67. The Kier molecular flexibility index (Phi) is 15.2. The van der Waals surface area contributed by atoms with Crippen LogP contribution in [0.5, 0.6) is 0 Å². The van der Waals surface area contributed by atoms with E-state index in [1.807, 2.05) is 27.7 Å². The summed E-state index contributed by atoms with van der Waals surface area (Å²) in [5, 5.41) is 0.646. The van der Waals surface area contributed by atoms with Crippen molar-refractivity contribution in [2.75, 3.05) is 19.8 Å². The van der Waals surface area contributed by atoms with Crippen molar-refractivity contribution >= 4 is 26.1 Å². The molecule has 0 aliphatic heterocycles. The molecule has 0 aromatic rings. The van der Waals surface area contributed by atoms with Crippen LogP contribution < -0.4 is 0 Å². The quantitative estimate of drug-likeness (QED) is 0.201. The lowest BCUT2D eigenvalue weighted by molar-refractivity contribution is 0.0706. The summed E-state index contributed by atoms with van der Waals surface area (Å²) in [5.41, 5.74) is 0. The van der Waals surface area contributed by atoms with Gasteiger partial charge in [-0.3, -0.25) is 0 Å². The van der Waals surface area contributed by atoms with Gasteiger partial charge in [-0.05, 0) is 59.2 Å². The number of hydrogen-bond acceptors (Lipinski definition) is 5. The monoisotopic (exact) mass is 378 g/mol. The molecule has 24 heavy (non-hydrogen) atoms. The van der Waals surface area contributed by atoms with Gasteiger partial charge in [0.05, 0.1) is 6.10 Å². The third-order valence-electron chi connectivity index (χ3n) is 3.80. The molecule has 0 N–H and O–H groups in total. The maximum absolute atomic E-state index is 5.88. The molecular formula is C18H38O4SSi. The summed E-state index contributed by atoms with van der Waals surface area (Å²) < 4.78 is 23.1. The van der Waals surface area contributed by atoms with Crippen molar-refractivity contribution in [1.29, 1.82) is 0 Å². The molecule has 0 fully saturated rings. The molecule has 0 aromatic carbocycles. The zero-order valence-electron chi connectivity index (χ0n) is 16.4. The average molecular weight is 379 g/mol. The zero-order chi connectivity index (χ0) is 18.3. The first-order valence-electron chi connectivity index (χ1n) is 9.58. The minimum absolute atomic E-state index is 0.248. The smallest absolute Gasteiger partial charge is 0.485 e. The Morgan fingerprint density at radius 2 is 1.29 bits per heavy atom. The number of unbranched alkanes of at least 4 members (excludes halogenated alkanes) is 5. The largest absolute Gasteiger partial charge is 0.500 e. The number of thiocarbonyl (C=S) groups is 1. The van der Waals surface area contributed by atoms with E-state index in [2.05, 4.69) is 6.92 Å². The first-order chi connectivity index (χ1) is 11.5. The molecule has 0 radical (unpaired) electrons. The van der Waals surface area contributed by atoms with E-state index in [-0.39, 0.29) is 6.10 Å². The normalized spacial score (nSPS) is 13.0. The second-order valence-corrected chi connectivity index (χ2v) is 9.37. The van der Waals surface area contributed by atoms with Crippen molar-refractivity contribution in [3.8, 4) is 0 Å². The molecule has 6 heteroatoms. The molecule has 0 saturated carbocycles. The van der Waals surface area contributed by atoms with Gasteiger partial charge < -0.3 is 18.0 Å². The lowest BCUT2D eigenvalue weighted by Crippen LogP contribution is -2.45. The second-order valence-electron chi connectivity index (χ2n) is 6.06. The van der Waals surface area contributed by atoms with Gasteiger partial charge in [0.1, 0.15) is 0 Å². The molecule has 0 saturated heterocycles. The fraction of sp³-hybridized carbons (Fsp3) is 0.944. The lowest BCUT2D eigenvalue weighted by Gasteiger charge is -2.28. The highest BCUT2D eigenvalue weighted by molar-refractivity contribution is 7.80. The molecule has 0 bridgehead atoms. The standard InChI is InChI=1S/C18H38O4SSi/c1-6-19-24(20-7-2,21-8-3)16-14-12-10-9-11-13-15-17(4)22-18(5)23/h17H,6-16H2,1-5H3. The summed E-state index contributed by atoms with van der Waals surface area (Å²) in [5.74, 6) is 0. The van der Waals surface area contributed by atoms with Gasteiger partial charge in [-0.25, -0.2) is 0 Å². The van der Waals surface area contributed by atoms with Gasteiger partial charge in [0.2, 0.25) is 0 Å². The molecule has 1 atom stereocenters. The Labute approximate surface area is 156 Å². The zero-order valence-corrected chi connectivity index (χ0v) is 18.2. The topological polar surface area (TPSA) is 36.9 Å². The Balaban J connectivity index is 3.79. The maximum Gasteiger partial charge on any atom is 0.500 e. The third-order valence-corrected chi connectivity index (χ3v) is 7.05. The molecule has 0 rings (SSSR count). The molecule has 0 heterocycles. The predicted octanol–water partition coefficient (Wildman–Crippen LogP) is 5.52. The van der Waals surface area contributed by atoms with Gasteiger partial charge in [-0.1, -0.05) is 25.7 Å². The molecule has 0 spiro atoms. The van der Waals surface area contributed by atoms with Gasteiger partial charge in [0.15, 0.2) is 5.05 Å². The second kappa shape index (κ2) is 15.3. The Morgan fingerprint density at radius 3 is 1.75 bits per heavy atom. The van der Waals surface area contributed by atoms with E-state index in [1.54, 1.807) is 0 Å². The van der Waals surface area contributed by atoms with Crippen LogP contribution in [0.25, 0.3) is 0 Å². The number of rotatable bonds is 16. The molecule has 1 unspecified atom stereocenters. The van der Waals surface area contributed by atoms with E-state index < -0.39 is 8.80 Å². The average Bonchev–Trinajstić information content (AvgIpc) is 2.50. The Morgan fingerprint density at radius 1 is 0.833 bits per heavy atom. The minimum Gasteiger partial charge on any atom is -0.485 e. The summed E-state index contributed by atoms with van der Waals surface area (Å²) in [7, 11) is -2.43. The summed E-state index contributed by atoms with van der Waals surface area (Å²) in [4.78, 5) is 0. The Hall–Kier alpha value is -0.0131. The number of ether oxygens (including phenoxy) is 1. The highest BCUT2D eigenvalue weighted by Crippen LogP contribution is 2.21. The SMILES string of the molecule is CCO[Si](CCCCCCCCC(C)OC(C)=S)(OCC)OCC. The van der Waals surface area contributed by atoms with Crippen molar-refractivity contribution in [2.45, 2.75) is 91.7 Å². The van der Waals surface area contributed by atoms with Gasteiger partial charge in [0.25, 0.3) is 0 Å². The molecule has 0 amide bonds. The Bertz CT molecular complexity index is 298. The van der Waals surface area contributed by atoms with E-state index in [0.29, 0.717) is 24.9 Å². The van der Waals surface area contributed by atoms with Crippen molar-refractivity contribution in [3.63, 3.8) is 0 Å². The van der Waals surface area contributed by atoms with Crippen molar-refractivity contribution in [2.24, 2.45) is 0 Å². The minimum atomic E-state index is -2.43.